The van der Waals surface area contributed by atoms with E-state index in [1.165, 1.54) is 5.56 Å². The van der Waals surface area contributed by atoms with Gasteiger partial charge in [0.15, 0.2) is 0 Å². The Morgan fingerprint density at radius 1 is 1.21 bits per heavy atom. The highest BCUT2D eigenvalue weighted by Crippen LogP contribution is 2.19. The smallest absolute Gasteiger partial charge is 0.119 e. The van der Waals surface area contributed by atoms with Crippen LogP contribution in [0.3, 0.4) is 0 Å². The van der Waals surface area contributed by atoms with Crippen molar-refractivity contribution in [2.24, 2.45) is 5.73 Å². The van der Waals surface area contributed by atoms with E-state index in [4.69, 9.17) is 10.5 Å². The Kier molecular flexibility index (Phi) is 6.32. The topological polar surface area (TPSA) is 55.5 Å². The molecule has 3 N–H and O–H groups in total. The first-order valence-corrected chi connectivity index (χ1v) is 7.19. The predicted molar refractivity (Wildman–Crippen MR) is 79.4 cm³/mol. The summed E-state index contributed by atoms with van der Waals surface area (Å²) >= 11 is 0. The largest absolute Gasteiger partial charge is 0.491 e. The minimum Gasteiger partial charge on any atom is -0.491 e. The number of ether oxygens (including phenoxy) is 1. The van der Waals surface area contributed by atoms with Gasteiger partial charge in [0.05, 0.1) is 5.60 Å². The Balaban J connectivity index is 2.48. The highest BCUT2D eigenvalue weighted by Gasteiger charge is 2.22. The van der Waals surface area contributed by atoms with E-state index < -0.39 is 5.60 Å². The molecule has 0 bridgehead atoms. The SMILES string of the molecule is CCC(O)(CC)COc1ccc(CCC(C)N)cc1. The summed E-state index contributed by atoms with van der Waals surface area (Å²) in [5.41, 5.74) is 6.30. The van der Waals surface area contributed by atoms with Crippen LogP contribution in [-0.4, -0.2) is 23.4 Å². The van der Waals surface area contributed by atoms with Gasteiger partial charge in [0.1, 0.15) is 12.4 Å². The van der Waals surface area contributed by atoms with Crippen molar-refractivity contribution in [2.45, 2.75) is 58.1 Å². The van der Waals surface area contributed by atoms with E-state index in [1.54, 1.807) is 0 Å². The number of aliphatic hydroxyl groups is 1. The van der Waals surface area contributed by atoms with Gasteiger partial charge in [-0.25, -0.2) is 0 Å². The first-order chi connectivity index (χ1) is 8.99. The number of benzene rings is 1. The minimum atomic E-state index is -0.715. The molecule has 0 aliphatic carbocycles. The van der Waals surface area contributed by atoms with Gasteiger partial charge in [-0.3, -0.25) is 0 Å². The van der Waals surface area contributed by atoms with E-state index in [2.05, 4.69) is 12.1 Å². The molecule has 0 aliphatic heterocycles. The molecule has 0 saturated heterocycles. The van der Waals surface area contributed by atoms with E-state index in [9.17, 15) is 5.11 Å². The molecule has 0 heterocycles. The third-order valence-electron chi connectivity index (χ3n) is 3.64. The maximum atomic E-state index is 10.2. The molecule has 0 saturated carbocycles. The van der Waals surface area contributed by atoms with Crippen LogP contribution in [0.25, 0.3) is 0 Å². The van der Waals surface area contributed by atoms with E-state index >= 15 is 0 Å². The lowest BCUT2D eigenvalue weighted by atomic mass is 9.99. The Hall–Kier alpha value is -1.06. The zero-order chi connectivity index (χ0) is 14.3. The van der Waals surface area contributed by atoms with Crippen molar-refractivity contribution < 1.29 is 9.84 Å². The number of nitrogens with two attached hydrogens (primary N) is 1. The van der Waals surface area contributed by atoms with Gasteiger partial charge < -0.3 is 15.6 Å². The highest BCUT2D eigenvalue weighted by molar-refractivity contribution is 5.27. The monoisotopic (exact) mass is 265 g/mol. The Labute approximate surface area is 116 Å². The van der Waals surface area contributed by atoms with Crippen molar-refractivity contribution in [3.63, 3.8) is 0 Å². The van der Waals surface area contributed by atoms with Gasteiger partial charge in [-0.05, 0) is 50.3 Å². The van der Waals surface area contributed by atoms with Crippen LogP contribution in [-0.2, 0) is 6.42 Å². The lowest BCUT2D eigenvalue weighted by Crippen LogP contribution is -2.34. The van der Waals surface area contributed by atoms with Crippen LogP contribution >= 0.6 is 0 Å². The van der Waals surface area contributed by atoms with E-state index in [1.807, 2.05) is 32.9 Å². The van der Waals surface area contributed by atoms with E-state index in [0.717, 1.165) is 18.6 Å². The molecular weight excluding hydrogens is 238 g/mol. The van der Waals surface area contributed by atoms with Crippen molar-refractivity contribution in [1.82, 2.24) is 0 Å². The molecule has 108 valence electrons. The molecule has 3 nitrogen and oxygen atoms in total. The molecule has 1 aromatic carbocycles. The molecule has 1 atom stereocenters. The Bertz CT molecular complexity index is 356. The number of hydrogen-bond donors (Lipinski definition) is 2. The van der Waals surface area contributed by atoms with Crippen LogP contribution in [0.15, 0.2) is 24.3 Å². The molecule has 0 aromatic heterocycles. The van der Waals surface area contributed by atoms with E-state index in [0.29, 0.717) is 19.4 Å². The maximum absolute atomic E-state index is 10.2. The molecule has 0 radical (unpaired) electrons. The lowest BCUT2D eigenvalue weighted by Gasteiger charge is -2.25. The Morgan fingerprint density at radius 2 is 1.79 bits per heavy atom. The summed E-state index contributed by atoms with van der Waals surface area (Å²) in [4.78, 5) is 0. The summed E-state index contributed by atoms with van der Waals surface area (Å²) in [7, 11) is 0. The summed E-state index contributed by atoms with van der Waals surface area (Å²) in [6.45, 7) is 6.32. The van der Waals surface area contributed by atoms with Crippen LogP contribution in [0.1, 0.15) is 45.6 Å². The fourth-order valence-corrected chi connectivity index (χ4v) is 1.82. The van der Waals surface area contributed by atoms with Gasteiger partial charge in [0.25, 0.3) is 0 Å². The van der Waals surface area contributed by atoms with Crippen LogP contribution in [0.5, 0.6) is 5.75 Å². The van der Waals surface area contributed by atoms with Crippen LogP contribution in [0.2, 0.25) is 0 Å². The molecule has 0 fully saturated rings. The van der Waals surface area contributed by atoms with Crippen LogP contribution in [0, 0.1) is 0 Å². The fourth-order valence-electron chi connectivity index (χ4n) is 1.82. The fraction of sp³-hybridized carbons (Fsp3) is 0.625. The van der Waals surface area contributed by atoms with Crippen LogP contribution < -0.4 is 10.5 Å². The zero-order valence-electron chi connectivity index (χ0n) is 12.4. The number of rotatable bonds is 8. The summed E-state index contributed by atoms with van der Waals surface area (Å²) in [5, 5.41) is 10.2. The highest BCUT2D eigenvalue weighted by atomic mass is 16.5. The van der Waals surface area contributed by atoms with Gasteiger partial charge in [0, 0.05) is 6.04 Å². The molecule has 0 spiro atoms. The van der Waals surface area contributed by atoms with Gasteiger partial charge in [-0.2, -0.15) is 0 Å². The second-order valence-corrected chi connectivity index (χ2v) is 5.38. The van der Waals surface area contributed by atoms with Gasteiger partial charge >= 0.3 is 0 Å². The van der Waals surface area contributed by atoms with Gasteiger partial charge in [-0.15, -0.1) is 0 Å². The maximum Gasteiger partial charge on any atom is 0.119 e. The standard InChI is InChI=1S/C16H27NO2/c1-4-16(18,5-2)12-19-15-10-8-14(9-11-15)7-6-13(3)17/h8-11,13,18H,4-7,12,17H2,1-3H3. The summed E-state index contributed by atoms with van der Waals surface area (Å²) < 4.78 is 5.66. The average molecular weight is 265 g/mol. The van der Waals surface area contributed by atoms with Crippen LogP contribution in [0.4, 0.5) is 0 Å². The van der Waals surface area contributed by atoms with Crippen molar-refractivity contribution in [3.05, 3.63) is 29.8 Å². The molecule has 0 aliphatic rings. The summed E-state index contributed by atoms with van der Waals surface area (Å²) in [6, 6.07) is 8.29. The molecule has 3 heteroatoms. The second-order valence-electron chi connectivity index (χ2n) is 5.38. The third kappa shape index (κ3) is 5.62. The quantitative estimate of drug-likeness (QED) is 0.760. The average Bonchev–Trinajstić information content (AvgIpc) is 2.43. The predicted octanol–water partition coefficient (Wildman–Crippen LogP) is 2.90. The molecule has 1 rings (SSSR count). The molecule has 1 unspecified atom stereocenters. The molecule has 19 heavy (non-hydrogen) atoms. The number of hydrogen-bond acceptors (Lipinski definition) is 3. The van der Waals surface area contributed by atoms with Gasteiger partial charge in [-0.1, -0.05) is 26.0 Å². The first kappa shape index (κ1) is 16.0. The molecule has 0 amide bonds. The van der Waals surface area contributed by atoms with E-state index in [-0.39, 0.29) is 6.04 Å². The number of aryl methyl sites for hydroxylation is 1. The molecular formula is C16H27NO2. The van der Waals surface area contributed by atoms with Crippen molar-refractivity contribution >= 4 is 0 Å². The molecule has 1 aromatic rings. The Morgan fingerprint density at radius 3 is 2.26 bits per heavy atom. The lowest BCUT2D eigenvalue weighted by molar-refractivity contribution is -0.0113. The third-order valence-corrected chi connectivity index (χ3v) is 3.64. The van der Waals surface area contributed by atoms with Gasteiger partial charge in [0.2, 0.25) is 0 Å². The second kappa shape index (κ2) is 7.51. The summed E-state index contributed by atoms with van der Waals surface area (Å²) in [5.74, 6) is 0.810. The normalized spacial score (nSPS) is 13.3. The van der Waals surface area contributed by atoms with Crippen molar-refractivity contribution in [3.8, 4) is 5.75 Å². The van der Waals surface area contributed by atoms with Crippen molar-refractivity contribution in [1.29, 1.82) is 0 Å². The van der Waals surface area contributed by atoms with Crippen molar-refractivity contribution in [2.75, 3.05) is 6.61 Å². The minimum absolute atomic E-state index is 0.236. The summed E-state index contributed by atoms with van der Waals surface area (Å²) in [6.07, 6.45) is 3.39. The first-order valence-electron chi connectivity index (χ1n) is 7.19. The zero-order valence-corrected chi connectivity index (χ0v) is 12.4.